The second-order valence-corrected chi connectivity index (χ2v) is 7.98. The molecule has 2 aromatic heterocycles. The Bertz CT molecular complexity index is 896. The molecule has 0 aliphatic rings. The van der Waals surface area contributed by atoms with Gasteiger partial charge in [-0.25, -0.2) is 4.68 Å². The first kappa shape index (κ1) is 17.3. The van der Waals surface area contributed by atoms with E-state index in [4.69, 9.17) is 0 Å². The standard InChI is InChI=1S/C17H20N6OS/c1-11(25-16-20-21-22-23(16)17(2,3)4)15(24)19-14-9-5-8-13-12(14)7-6-10-18-13/h5-11H,1-4H3,(H,19,24). The predicted octanol–water partition coefficient (Wildman–Crippen LogP) is 3.10. The Balaban J connectivity index is 1.76. The highest BCUT2D eigenvalue weighted by Gasteiger charge is 2.24. The normalized spacial score (nSPS) is 13.0. The van der Waals surface area contributed by atoms with Gasteiger partial charge in [-0.15, -0.1) is 5.10 Å². The first-order valence-electron chi connectivity index (χ1n) is 7.96. The van der Waals surface area contributed by atoms with Crippen molar-refractivity contribution >= 4 is 34.3 Å². The molecule has 0 fully saturated rings. The van der Waals surface area contributed by atoms with Crippen LogP contribution in [0, 0.1) is 0 Å². The van der Waals surface area contributed by atoms with Crippen molar-refractivity contribution in [3.8, 4) is 0 Å². The van der Waals surface area contributed by atoms with E-state index in [2.05, 4.69) is 25.8 Å². The average Bonchev–Trinajstić information content (AvgIpc) is 3.03. The van der Waals surface area contributed by atoms with Crippen molar-refractivity contribution in [3.63, 3.8) is 0 Å². The number of pyridine rings is 1. The third kappa shape index (κ3) is 3.79. The molecule has 1 unspecified atom stereocenters. The summed E-state index contributed by atoms with van der Waals surface area (Å²) in [5.74, 6) is -0.107. The molecule has 7 nitrogen and oxygen atoms in total. The minimum atomic E-state index is -0.348. The Hall–Kier alpha value is -2.48. The molecule has 0 radical (unpaired) electrons. The highest BCUT2D eigenvalue weighted by atomic mass is 32.2. The van der Waals surface area contributed by atoms with Gasteiger partial charge in [0.05, 0.1) is 22.0 Å². The highest BCUT2D eigenvalue weighted by molar-refractivity contribution is 8.00. The molecule has 1 aromatic carbocycles. The van der Waals surface area contributed by atoms with Crippen molar-refractivity contribution in [3.05, 3.63) is 36.5 Å². The van der Waals surface area contributed by atoms with Crippen LogP contribution < -0.4 is 5.32 Å². The zero-order chi connectivity index (χ0) is 18.0. The number of nitrogens with one attached hydrogen (secondary N) is 1. The molecule has 0 saturated carbocycles. The maximum Gasteiger partial charge on any atom is 0.237 e. The van der Waals surface area contributed by atoms with E-state index >= 15 is 0 Å². The summed E-state index contributed by atoms with van der Waals surface area (Å²) in [7, 11) is 0. The van der Waals surface area contributed by atoms with Crippen LogP contribution >= 0.6 is 11.8 Å². The van der Waals surface area contributed by atoms with Gasteiger partial charge < -0.3 is 5.32 Å². The molecule has 0 spiro atoms. The number of hydrogen-bond acceptors (Lipinski definition) is 6. The number of benzene rings is 1. The summed E-state index contributed by atoms with van der Waals surface area (Å²) in [6.07, 6.45) is 1.73. The van der Waals surface area contributed by atoms with Gasteiger partial charge in [0.1, 0.15) is 0 Å². The van der Waals surface area contributed by atoms with Gasteiger partial charge in [0.2, 0.25) is 11.1 Å². The molecule has 3 aromatic rings. The second kappa shape index (κ2) is 6.79. The molecule has 2 heterocycles. The van der Waals surface area contributed by atoms with Gasteiger partial charge in [0, 0.05) is 11.6 Å². The van der Waals surface area contributed by atoms with Crippen LogP contribution in [0.2, 0.25) is 0 Å². The van der Waals surface area contributed by atoms with Gasteiger partial charge in [-0.1, -0.05) is 17.8 Å². The topological polar surface area (TPSA) is 85.6 Å². The molecule has 0 aliphatic carbocycles. The van der Waals surface area contributed by atoms with E-state index < -0.39 is 0 Å². The number of carbonyl (C=O) groups is 1. The van der Waals surface area contributed by atoms with E-state index in [-0.39, 0.29) is 16.7 Å². The van der Waals surface area contributed by atoms with Crippen LogP contribution in [-0.2, 0) is 10.3 Å². The lowest BCUT2D eigenvalue weighted by atomic mass is 10.1. The molecule has 0 bridgehead atoms. The van der Waals surface area contributed by atoms with Crippen LogP contribution in [0.5, 0.6) is 0 Å². The van der Waals surface area contributed by atoms with Crippen LogP contribution in [-0.4, -0.2) is 36.3 Å². The number of rotatable bonds is 4. The van der Waals surface area contributed by atoms with Gasteiger partial charge in [-0.3, -0.25) is 9.78 Å². The van der Waals surface area contributed by atoms with E-state index in [1.807, 2.05) is 58.0 Å². The van der Waals surface area contributed by atoms with E-state index in [9.17, 15) is 4.79 Å². The number of nitrogens with zero attached hydrogens (tertiary/aromatic N) is 5. The number of thioether (sulfide) groups is 1. The quantitative estimate of drug-likeness (QED) is 0.723. The summed E-state index contributed by atoms with van der Waals surface area (Å²) in [6.45, 7) is 7.88. The molecule has 1 N–H and O–H groups in total. The van der Waals surface area contributed by atoms with E-state index in [0.717, 1.165) is 16.6 Å². The van der Waals surface area contributed by atoms with Gasteiger partial charge in [-0.2, -0.15) is 0 Å². The first-order chi connectivity index (χ1) is 11.9. The van der Waals surface area contributed by atoms with Gasteiger partial charge in [0.15, 0.2) is 0 Å². The van der Waals surface area contributed by atoms with Crippen molar-refractivity contribution < 1.29 is 4.79 Å². The van der Waals surface area contributed by atoms with Crippen molar-refractivity contribution in [2.45, 2.75) is 43.6 Å². The number of tetrazole rings is 1. The molecule has 8 heteroatoms. The summed E-state index contributed by atoms with van der Waals surface area (Å²) in [5, 5.41) is 15.9. The van der Waals surface area contributed by atoms with Crippen molar-refractivity contribution in [2.75, 3.05) is 5.32 Å². The molecular formula is C17H20N6OS. The fraction of sp³-hybridized carbons (Fsp3) is 0.353. The fourth-order valence-corrected chi connectivity index (χ4v) is 3.31. The summed E-state index contributed by atoms with van der Waals surface area (Å²) >= 11 is 1.34. The number of aromatic nitrogens is 5. The zero-order valence-corrected chi connectivity index (χ0v) is 15.4. The second-order valence-electron chi connectivity index (χ2n) is 6.67. The summed E-state index contributed by atoms with van der Waals surface area (Å²) < 4.78 is 1.73. The maximum atomic E-state index is 12.6. The lowest BCUT2D eigenvalue weighted by molar-refractivity contribution is -0.115. The highest BCUT2D eigenvalue weighted by Crippen LogP contribution is 2.27. The minimum Gasteiger partial charge on any atom is -0.324 e. The average molecular weight is 356 g/mol. The van der Waals surface area contributed by atoms with Crippen molar-refractivity contribution in [1.82, 2.24) is 25.2 Å². The SMILES string of the molecule is CC(Sc1nnnn1C(C)(C)C)C(=O)Nc1cccc2ncccc12. The number of carbonyl (C=O) groups excluding carboxylic acids is 1. The molecular weight excluding hydrogens is 336 g/mol. The third-order valence-electron chi connectivity index (χ3n) is 3.63. The lowest BCUT2D eigenvalue weighted by Gasteiger charge is -2.20. The van der Waals surface area contributed by atoms with Crippen LogP contribution in [0.4, 0.5) is 5.69 Å². The zero-order valence-electron chi connectivity index (χ0n) is 14.6. The Morgan fingerprint density at radius 3 is 2.80 bits per heavy atom. The minimum absolute atomic E-state index is 0.107. The van der Waals surface area contributed by atoms with Crippen LogP contribution in [0.15, 0.2) is 41.7 Å². The first-order valence-corrected chi connectivity index (χ1v) is 8.84. The van der Waals surface area contributed by atoms with Crippen molar-refractivity contribution in [2.24, 2.45) is 0 Å². The van der Waals surface area contributed by atoms with Crippen LogP contribution in [0.25, 0.3) is 10.9 Å². The fourth-order valence-electron chi connectivity index (χ4n) is 2.33. The summed E-state index contributed by atoms with van der Waals surface area (Å²) in [5.41, 5.74) is 1.35. The number of hydrogen-bond donors (Lipinski definition) is 1. The largest absolute Gasteiger partial charge is 0.324 e. The Morgan fingerprint density at radius 2 is 2.04 bits per heavy atom. The molecule has 1 atom stereocenters. The van der Waals surface area contributed by atoms with E-state index in [1.165, 1.54) is 11.8 Å². The number of fused-ring (bicyclic) bond motifs is 1. The lowest BCUT2D eigenvalue weighted by Crippen LogP contribution is -2.27. The van der Waals surface area contributed by atoms with Crippen LogP contribution in [0.1, 0.15) is 27.7 Å². The Labute approximate surface area is 150 Å². The number of anilines is 1. The Morgan fingerprint density at radius 1 is 1.24 bits per heavy atom. The molecule has 0 aliphatic heterocycles. The van der Waals surface area contributed by atoms with Gasteiger partial charge in [-0.05, 0) is 62.4 Å². The van der Waals surface area contributed by atoms with Gasteiger partial charge in [0.25, 0.3) is 0 Å². The molecule has 0 saturated heterocycles. The summed E-state index contributed by atoms with van der Waals surface area (Å²) in [6, 6.07) is 9.46. The Kier molecular flexibility index (Phi) is 4.71. The van der Waals surface area contributed by atoms with Crippen molar-refractivity contribution in [1.29, 1.82) is 0 Å². The molecule has 3 rings (SSSR count). The molecule has 130 valence electrons. The molecule has 1 amide bonds. The number of amides is 1. The monoisotopic (exact) mass is 356 g/mol. The van der Waals surface area contributed by atoms with Gasteiger partial charge >= 0.3 is 0 Å². The predicted molar refractivity (Wildman–Crippen MR) is 98.5 cm³/mol. The van der Waals surface area contributed by atoms with E-state index in [1.54, 1.807) is 10.9 Å². The maximum absolute atomic E-state index is 12.6. The van der Waals surface area contributed by atoms with Crippen LogP contribution in [0.3, 0.4) is 0 Å². The van der Waals surface area contributed by atoms with E-state index in [0.29, 0.717) is 5.16 Å². The smallest absolute Gasteiger partial charge is 0.237 e. The third-order valence-corrected chi connectivity index (χ3v) is 4.66. The summed E-state index contributed by atoms with van der Waals surface area (Å²) in [4.78, 5) is 16.9. The molecule has 25 heavy (non-hydrogen) atoms.